The average molecular weight is 346 g/mol. The Morgan fingerprint density at radius 2 is 1.72 bits per heavy atom. The van der Waals surface area contributed by atoms with Crippen LogP contribution >= 0.6 is 0 Å². The second-order valence-electron chi connectivity index (χ2n) is 5.05. The zero-order valence-corrected chi connectivity index (χ0v) is 13.3. The fourth-order valence-electron chi connectivity index (χ4n) is 1.81. The molecule has 0 saturated heterocycles. The number of benzene rings is 2. The lowest BCUT2D eigenvalue weighted by Crippen LogP contribution is -2.46. The molecule has 0 aromatic heterocycles. The van der Waals surface area contributed by atoms with Crippen molar-refractivity contribution < 1.29 is 23.1 Å². The van der Waals surface area contributed by atoms with Crippen LogP contribution in [0.3, 0.4) is 0 Å². The van der Waals surface area contributed by atoms with Crippen LogP contribution in [0.2, 0.25) is 0 Å². The first-order valence-corrected chi connectivity index (χ1v) is 7.40. The van der Waals surface area contributed by atoms with Crippen molar-refractivity contribution in [2.24, 2.45) is 0 Å². The van der Waals surface area contributed by atoms with Crippen molar-refractivity contribution in [1.29, 1.82) is 0 Å². The van der Waals surface area contributed by atoms with Crippen LogP contribution in [0.25, 0.3) is 6.08 Å². The molecule has 2 N–H and O–H groups in total. The van der Waals surface area contributed by atoms with Crippen LogP contribution in [0, 0.1) is 11.6 Å². The Hall–Kier alpha value is -3.22. The standard InChI is InChI=1S/C18H16F2N2O3/c1-12(25-15-9-7-14(19)8-10-15)18(24)22-21-17(23)11-6-13-4-2-3-5-16(13)20/h2-12H,1H3,(H,21,23)(H,22,24)/b11-6+/t12-/m1/s1. The van der Waals surface area contributed by atoms with Gasteiger partial charge in [0.2, 0.25) is 0 Å². The minimum absolute atomic E-state index is 0.247. The zero-order chi connectivity index (χ0) is 18.2. The molecule has 2 amide bonds. The van der Waals surface area contributed by atoms with Gasteiger partial charge < -0.3 is 4.74 Å². The highest BCUT2D eigenvalue weighted by Crippen LogP contribution is 2.13. The van der Waals surface area contributed by atoms with Gasteiger partial charge in [0.15, 0.2) is 6.10 Å². The number of rotatable bonds is 5. The molecule has 25 heavy (non-hydrogen) atoms. The van der Waals surface area contributed by atoms with Crippen molar-refractivity contribution in [3.63, 3.8) is 0 Å². The largest absolute Gasteiger partial charge is 0.481 e. The molecule has 0 radical (unpaired) electrons. The van der Waals surface area contributed by atoms with E-state index in [1.807, 2.05) is 0 Å². The summed E-state index contributed by atoms with van der Waals surface area (Å²) in [5.74, 6) is -1.80. The van der Waals surface area contributed by atoms with E-state index >= 15 is 0 Å². The van der Waals surface area contributed by atoms with Crippen LogP contribution in [0.5, 0.6) is 5.75 Å². The third-order valence-corrected chi connectivity index (χ3v) is 3.12. The molecule has 0 aliphatic rings. The molecule has 2 aromatic rings. The molecular formula is C18H16F2N2O3. The molecule has 5 nitrogen and oxygen atoms in total. The van der Waals surface area contributed by atoms with Gasteiger partial charge in [-0.05, 0) is 43.3 Å². The maximum absolute atomic E-state index is 13.4. The Kier molecular flexibility index (Phi) is 6.22. The molecule has 0 saturated carbocycles. The number of carbonyl (C=O) groups is 2. The molecule has 2 aromatic carbocycles. The van der Waals surface area contributed by atoms with Crippen LogP contribution in [-0.4, -0.2) is 17.9 Å². The molecule has 130 valence electrons. The van der Waals surface area contributed by atoms with E-state index < -0.39 is 29.6 Å². The lowest BCUT2D eigenvalue weighted by molar-refractivity contribution is -0.131. The first-order chi connectivity index (χ1) is 12.0. The van der Waals surface area contributed by atoms with E-state index in [1.165, 1.54) is 55.5 Å². The number of halogens is 2. The molecule has 0 fully saturated rings. The first kappa shape index (κ1) is 18.1. The van der Waals surface area contributed by atoms with Gasteiger partial charge in [0.1, 0.15) is 17.4 Å². The van der Waals surface area contributed by atoms with Gasteiger partial charge >= 0.3 is 0 Å². The van der Waals surface area contributed by atoms with Gasteiger partial charge in [-0.15, -0.1) is 0 Å². The minimum atomic E-state index is -0.915. The summed E-state index contributed by atoms with van der Waals surface area (Å²) in [6.45, 7) is 1.47. The first-order valence-electron chi connectivity index (χ1n) is 7.40. The summed E-state index contributed by atoms with van der Waals surface area (Å²) in [6, 6.07) is 11.1. The number of amides is 2. The summed E-state index contributed by atoms with van der Waals surface area (Å²) in [6.07, 6.45) is 1.46. The molecule has 0 spiro atoms. The quantitative estimate of drug-likeness (QED) is 0.646. The van der Waals surface area contributed by atoms with Gasteiger partial charge in [-0.3, -0.25) is 20.4 Å². The third-order valence-electron chi connectivity index (χ3n) is 3.12. The molecule has 0 heterocycles. The normalized spacial score (nSPS) is 11.8. The Bertz CT molecular complexity index is 776. The summed E-state index contributed by atoms with van der Waals surface area (Å²) in [4.78, 5) is 23.5. The summed E-state index contributed by atoms with van der Waals surface area (Å²) >= 11 is 0. The third kappa shape index (κ3) is 5.72. The van der Waals surface area contributed by atoms with Crippen molar-refractivity contribution in [1.82, 2.24) is 10.9 Å². The SMILES string of the molecule is C[C@@H](Oc1ccc(F)cc1)C(=O)NNC(=O)/C=C/c1ccccc1F. The molecule has 0 aliphatic heterocycles. The molecule has 0 unspecified atom stereocenters. The van der Waals surface area contributed by atoms with E-state index in [0.717, 1.165) is 6.08 Å². The van der Waals surface area contributed by atoms with Crippen molar-refractivity contribution in [3.05, 3.63) is 71.8 Å². The van der Waals surface area contributed by atoms with Gasteiger partial charge in [-0.1, -0.05) is 18.2 Å². The number of hydrogen-bond donors (Lipinski definition) is 2. The van der Waals surface area contributed by atoms with Crippen molar-refractivity contribution in [3.8, 4) is 5.75 Å². The minimum Gasteiger partial charge on any atom is -0.481 e. The molecule has 0 aliphatic carbocycles. The molecule has 1 atom stereocenters. The number of nitrogens with one attached hydrogen (secondary N) is 2. The summed E-state index contributed by atoms with van der Waals surface area (Å²) in [5, 5.41) is 0. The van der Waals surface area contributed by atoms with Gasteiger partial charge in [-0.2, -0.15) is 0 Å². The van der Waals surface area contributed by atoms with Crippen molar-refractivity contribution in [2.75, 3.05) is 0 Å². The van der Waals surface area contributed by atoms with E-state index in [9.17, 15) is 18.4 Å². The van der Waals surface area contributed by atoms with Crippen molar-refractivity contribution >= 4 is 17.9 Å². The van der Waals surface area contributed by atoms with Crippen LogP contribution in [0.1, 0.15) is 12.5 Å². The lowest BCUT2D eigenvalue weighted by Gasteiger charge is -2.14. The van der Waals surface area contributed by atoms with Gasteiger partial charge in [0, 0.05) is 11.6 Å². The Morgan fingerprint density at radius 3 is 2.40 bits per heavy atom. The molecule has 2 rings (SSSR count). The average Bonchev–Trinajstić information content (AvgIpc) is 2.60. The van der Waals surface area contributed by atoms with E-state index in [4.69, 9.17) is 4.74 Å². The number of ether oxygens (including phenoxy) is 1. The highest BCUT2D eigenvalue weighted by molar-refractivity contribution is 5.93. The topological polar surface area (TPSA) is 67.4 Å². The highest BCUT2D eigenvalue weighted by Gasteiger charge is 2.14. The van der Waals surface area contributed by atoms with Crippen LogP contribution in [-0.2, 0) is 9.59 Å². The summed E-state index contributed by atoms with van der Waals surface area (Å²) < 4.78 is 31.5. The van der Waals surface area contributed by atoms with E-state index in [-0.39, 0.29) is 5.56 Å². The summed E-state index contributed by atoms with van der Waals surface area (Å²) in [7, 11) is 0. The maximum atomic E-state index is 13.4. The molecule has 0 bridgehead atoms. The Morgan fingerprint density at radius 1 is 1.04 bits per heavy atom. The smallest absolute Gasteiger partial charge is 0.279 e. The fourth-order valence-corrected chi connectivity index (χ4v) is 1.81. The van der Waals surface area contributed by atoms with Gasteiger partial charge in [-0.25, -0.2) is 8.78 Å². The maximum Gasteiger partial charge on any atom is 0.279 e. The number of hydrogen-bond acceptors (Lipinski definition) is 3. The zero-order valence-electron chi connectivity index (χ0n) is 13.3. The van der Waals surface area contributed by atoms with Crippen LogP contribution < -0.4 is 15.6 Å². The Labute approximate surface area is 143 Å². The second kappa shape index (κ2) is 8.58. The van der Waals surface area contributed by atoms with Crippen LogP contribution in [0.4, 0.5) is 8.78 Å². The number of hydrazine groups is 1. The van der Waals surface area contributed by atoms with E-state index in [0.29, 0.717) is 5.75 Å². The second-order valence-corrected chi connectivity index (χ2v) is 5.05. The predicted molar refractivity (Wildman–Crippen MR) is 88.2 cm³/mol. The van der Waals surface area contributed by atoms with Gasteiger partial charge in [0.05, 0.1) is 0 Å². The van der Waals surface area contributed by atoms with Gasteiger partial charge in [0.25, 0.3) is 11.8 Å². The summed E-state index contributed by atoms with van der Waals surface area (Å²) in [5.41, 5.74) is 4.59. The monoisotopic (exact) mass is 346 g/mol. The molecular weight excluding hydrogens is 330 g/mol. The van der Waals surface area contributed by atoms with Crippen LogP contribution in [0.15, 0.2) is 54.6 Å². The lowest BCUT2D eigenvalue weighted by atomic mass is 10.2. The van der Waals surface area contributed by atoms with E-state index in [2.05, 4.69) is 10.9 Å². The van der Waals surface area contributed by atoms with E-state index in [1.54, 1.807) is 6.07 Å². The molecule has 7 heteroatoms. The van der Waals surface area contributed by atoms with Crippen molar-refractivity contribution in [2.45, 2.75) is 13.0 Å². The number of carbonyl (C=O) groups excluding carboxylic acids is 2. The Balaban J connectivity index is 1.81. The fraction of sp³-hybridized carbons (Fsp3) is 0.111. The highest BCUT2D eigenvalue weighted by atomic mass is 19.1. The predicted octanol–water partition coefficient (Wildman–Crippen LogP) is 2.59.